The molecule has 0 bridgehead atoms. The van der Waals surface area contributed by atoms with Gasteiger partial charge in [0.2, 0.25) is 5.91 Å². The van der Waals surface area contributed by atoms with Gasteiger partial charge in [-0.1, -0.05) is 36.4 Å². The van der Waals surface area contributed by atoms with Gasteiger partial charge in [-0.3, -0.25) is 19.3 Å². The molecule has 0 aromatic heterocycles. The van der Waals surface area contributed by atoms with Crippen molar-refractivity contribution in [2.24, 2.45) is 0 Å². The van der Waals surface area contributed by atoms with Gasteiger partial charge in [-0.05, 0) is 69.8 Å². The summed E-state index contributed by atoms with van der Waals surface area (Å²) in [6.07, 6.45) is 1.44. The number of hydrogen-bond acceptors (Lipinski definition) is 8. The van der Waals surface area contributed by atoms with Gasteiger partial charge in [-0.25, -0.2) is 0 Å². The van der Waals surface area contributed by atoms with Gasteiger partial charge in [-0.2, -0.15) is 0 Å². The quantitative estimate of drug-likeness (QED) is 0.322. The smallest absolute Gasteiger partial charge is 0.323 e. The molecule has 0 spiro atoms. The van der Waals surface area contributed by atoms with Crippen molar-refractivity contribution in [1.29, 1.82) is 0 Å². The van der Waals surface area contributed by atoms with Crippen LogP contribution >= 0.6 is 0 Å². The van der Waals surface area contributed by atoms with Crippen LogP contribution in [0.1, 0.15) is 88.4 Å². The van der Waals surface area contributed by atoms with Crippen molar-refractivity contribution in [2.75, 3.05) is 18.4 Å². The first-order valence-electron chi connectivity index (χ1n) is 14.6. The lowest BCUT2D eigenvalue weighted by atomic mass is 9.99. The largest absolute Gasteiger partial charge is 0.481 e. The molecule has 0 aliphatic carbocycles. The third-order valence-electron chi connectivity index (χ3n) is 7.36. The summed E-state index contributed by atoms with van der Waals surface area (Å²) in [7, 11) is 0. The molecule has 0 unspecified atom stereocenters. The Hall–Kier alpha value is -3.31. The Kier molecular flexibility index (Phi) is 10.7. The van der Waals surface area contributed by atoms with Crippen LogP contribution in [-0.4, -0.2) is 63.8 Å². The molecule has 0 saturated carbocycles. The number of carbonyl (C=O) groups excluding carboxylic acids is 2. The Morgan fingerprint density at radius 1 is 1.00 bits per heavy atom. The molecule has 1 amide bonds. The highest BCUT2D eigenvalue weighted by atomic mass is 16.7. The van der Waals surface area contributed by atoms with Gasteiger partial charge in [0.15, 0.2) is 6.29 Å². The lowest BCUT2D eigenvalue weighted by Crippen LogP contribution is -2.45. The second kappa shape index (κ2) is 14.2. The minimum atomic E-state index is -0.925. The molecule has 2 aromatic carbocycles. The van der Waals surface area contributed by atoms with Gasteiger partial charge < -0.3 is 29.7 Å². The van der Waals surface area contributed by atoms with Gasteiger partial charge in [0.1, 0.15) is 11.6 Å². The van der Waals surface area contributed by atoms with Crippen LogP contribution < -0.4 is 5.32 Å². The highest BCUT2D eigenvalue weighted by Crippen LogP contribution is 2.39. The SMILES string of the molecule is CC(C)(C)OC(=O)[C@@H]1CCCN1C[C@H]1C[C@@H](c2ccc(CO)cc2)O[C@@H](c2ccc(NC(=O)CCCC(=O)O)cc2)O1. The first-order valence-corrected chi connectivity index (χ1v) is 14.6. The van der Waals surface area contributed by atoms with Crippen LogP contribution in [0.3, 0.4) is 0 Å². The predicted molar refractivity (Wildman–Crippen MR) is 155 cm³/mol. The van der Waals surface area contributed by atoms with Crippen molar-refractivity contribution in [3.8, 4) is 0 Å². The van der Waals surface area contributed by atoms with Crippen molar-refractivity contribution in [3.05, 3.63) is 65.2 Å². The van der Waals surface area contributed by atoms with Gasteiger partial charge in [0.05, 0.1) is 18.8 Å². The van der Waals surface area contributed by atoms with Crippen molar-refractivity contribution in [3.63, 3.8) is 0 Å². The average Bonchev–Trinajstić information content (AvgIpc) is 3.40. The number of aliphatic carboxylic acids is 1. The number of amides is 1. The molecule has 2 aliphatic heterocycles. The average molecular weight is 583 g/mol. The minimum absolute atomic E-state index is 0.0381. The molecule has 2 heterocycles. The predicted octanol–water partition coefficient (Wildman–Crippen LogP) is 4.72. The molecule has 2 saturated heterocycles. The number of aliphatic hydroxyl groups excluding tert-OH is 1. The van der Waals surface area contributed by atoms with E-state index in [0.717, 1.165) is 36.1 Å². The van der Waals surface area contributed by atoms with Gasteiger partial charge >= 0.3 is 11.9 Å². The van der Waals surface area contributed by atoms with E-state index in [1.165, 1.54) is 0 Å². The topological polar surface area (TPSA) is 135 Å². The minimum Gasteiger partial charge on any atom is -0.481 e. The van der Waals surface area contributed by atoms with E-state index in [-0.39, 0.29) is 56.0 Å². The normalized spacial score (nSPS) is 23.0. The highest BCUT2D eigenvalue weighted by molar-refractivity contribution is 5.90. The molecule has 2 fully saturated rings. The molecular formula is C32H42N2O8. The van der Waals surface area contributed by atoms with Crippen LogP contribution in [0.2, 0.25) is 0 Å². The third-order valence-corrected chi connectivity index (χ3v) is 7.36. The Morgan fingerprint density at radius 2 is 1.69 bits per heavy atom. The van der Waals surface area contributed by atoms with E-state index in [1.54, 1.807) is 12.1 Å². The van der Waals surface area contributed by atoms with E-state index in [4.69, 9.17) is 19.3 Å². The van der Waals surface area contributed by atoms with Gasteiger partial charge in [0.25, 0.3) is 0 Å². The van der Waals surface area contributed by atoms with E-state index in [1.807, 2.05) is 57.2 Å². The number of rotatable bonds is 11. The lowest BCUT2D eigenvalue weighted by Gasteiger charge is -2.38. The number of anilines is 1. The molecule has 4 rings (SSSR count). The fraction of sp³-hybridized carbons (Fsp3) is 0.531. The summed E-state index contributed by atoms with van der Waals surface area (Å²) in [6, 6.07) is 14.6. The van der Waals surface area contributed by atoms with Gasteiger partial charge in [-0.15, -0.1) is 0 Å². The molecule has 10 heteroatoms. The molecule has 42 heavy (non-hydrogen) atoms. The number of hydrogen-bond donors (Lipinski definition) is 3. The Morgan fingerprint density at radius 3 is 2.33 bits per heavy atom. The Bertz CT molecular complexity index is 1210. The van der Waals surface area contributed by atoms with Gasteiger partial charge in [0, 0.05) is 37.1 Å². The highest BCUT2D eigenvalue weighted by Gasteiger charge is 2.38. The number of carboxylic acid groups (broad SMARTS) is 1. The van der Waals surface area contributed by atoms with Crippen molar-refractivity contribution in [1.82, 2.24) is 4.90 Å². The summed E-state index contributed by atoms with van der Waals surface area (Å²) in [5.74, 6) is -1.38. The second-order valence-electron chi connectivity index (χ2n) is 12.0. The zero-order valence-electron chi connectivity index (χ0n) is 24.6. The number of esters is 1. The van der Waals surface area contributed by atoms with Crippen molar-refractivity contribution >= 4 is 23.5 Å². The fourth-order valence-corrected chi connectivity index (χ4v) is 5.32. The van der Waals surface area contributed by atoms with Crippen LogP contribution in [0.4, 0.5) is 5.69 Å². The number of nitrogens with one attached hydrogen (secondary N) is 1. The third kappa shape index (κ3) is 9.09. The molecule has 0 radical (unpaired) electrons. The summed E-state index contributed by atoms with van der Waals surface area (Å²) >= 11 is 0. The number of aliphatic hydroxyl groups is 1. The van der Waals surface area contributed by atoms with Crippen LogP contribution in [0.15, 0.2) is 48.5 Å². The number of carbonyl (C=O) groups is 3. The molecular weight excluding hydrogens is 540 g/mol. The number of ether oxygens (including phenoxy) is 3. The van der Waals surface area contributed by atoms with Crippen LogP contribution in [0, 0.1) is 0 Å². The van der Waals surface area contributed by atoms with E-state index < -0.39 is 17.9 Å². The Labute approximate surface area is 246 Å². The molecule has 3 N–H and O–H groups in total. The number of benzene rings is 2. The van der Waals surface area contributed by atoms with Crippen LogP contribution in [-0.2, 0) is 35.2 Å². The summed E-state index contributed by atoms with van der Waals surface area (Å²) in [6.45, 7) is 6.92. The van der Waals surface area contributed by atoms with E-state index in [0.29, 0.717) is 18.7 Å². The number of nitrogens with zero attached hydrogens (tertiary/aromatic N) is 1. The van der Waals surface area contributed by atoms with Crippen LogP contribution in [0.25, 0.3) is 0 Å². The molecule has 2 aliphatic rings. The lowest BCUT2D eigenvalue weighted by molar-refractivity contribution is -0.253. The maximum absolute atomic E-state index is 12.9. The summed E-state index contributed by atoms with van der Waals surface area (Å²) < 4.78 is 18.6. The van der Waals surface area contributed by atoms with Crippen LogP contribution in [0.5, 0.6) is 0 Å². The Balaban J connectivity index is 1.47. The standard InChI is InChI=1S/C32H42N2O8/c1-32(2,3)42-30(39)26-6-5-17-34(26)19-25-18-27(22-11-9-21(20-35)10-12-22)41-31(40-25)23-13-15-24(16-14-23)33-28(36)7-4-8-29(37)38/h9-16,25-27,31,35H,4-8,17-20H2,1-3H3,(H,33,36)(H,37,38)/t25-,26+,27+,31+/m1/s1. The first-order chi connectivity index (χ1) is 20.0. The summed E-state index contributed by atoms with van der Waals surface area (Å²) in [4.78, 5) is 38.0. The molecule has 228 valence electrons. The fourth-order valence-electron chi connectivity index (χ4n) is 5.32. The maximum atomic E-state index is 12.9. The van der Waals surface area contributed by atoms with Crippen molar-refractivity contribution in [2.45, 2.75) is 96.0 Å². The maximum Gasteiger partial charge on any atom is 0.323 e. The zero-order chi connectivity index (χ0) is 30.3. The van der Waals surface area contributed by atoms with E-state index >= 15 is 0 Å². The molecule has 4 atom stereocenters. The summed E-state index contributed by atoms with van der Waals surface area (Å²) in [5, 5.41) is 21.0. The molecule has 10 nitrogen and oxygen atoms in total. The van der Waals surface area contributed by atoms with Crippen molar-refractivity contribution < 1.29 is 38.8 Å². The monoisotopic (exact) mass is 582 g/mol. The first kappa shape index (κ1) is 31.6. The van der Waals surface area contributed by atoms with E-state index in [9.17, 15) is 19.5 Å². The molecule has 2 aromatic rings. The number of likely N-dealkylation sites (tertiary alicyclic amines) is 1. The zero-order valence-corrected chi connectivity index (χ0v) is 24.6. The number of carboxylic acids is 1. The second-order valence-corrected chi connectivity index (χ2v) is 12.0. The van der Waals surface area contributed by atoms with E-state index in [2.05, 4.69) is 10.2 Å². The summed E-state index contributed by atoms with van der Waals surface area (Å²) in [5.41, 5.74) is 2.62.